The largest absolute Gasteiger partial charge is 0.364 e. The maximum Gasteiger partial charge on any atom is 0.157 e. The highest BCUT2D eigenvalue weighted by molar-refractivity contribution is 8.14. The fourth-order valence-electron chi connectivity index (χ4n) is 2.64. The second-order valence-corrected chi connectivity index (χ2v) is 6.33. The Balaban J connectivity index is 1.41. The first-order valence-corrected chi connectivity index (χ1v) is 8.02. The van der Waals surface area contributed by atoms with Gasteiger partial charge in [0.15, 0.2) is 5.17 Å². The summed E-state index contributed by atoms with van der Waals surface area (Å²) in [6.45, 7) is 5.62. The molecule has 0 amide bonds. The van der Waals surface area contributed by atoms with Crippen LogP contribution in [0.1, 0.15) is 23.7 Å². The van der Waals surface area contributed by atoms with Crippen LogP contribution in [-0.2, 0) is 0 Å². The van der Waals surface area contributed by atoms with Crippen LogP contribution in [-0.4, -0.2) is 42.8 Å². The molecule has 1 fully saturated rings. The summed E-state index contributed by atoms with van der Waals surface area (Å²) >= 11 is 1.87. The Morgan fingerprint density at radius 2 is 2.00 bits per heavy atom. The maximum atomic E-state index is 4.61. The van der Waals surface area contributed by atoms with Crippen LogP contribution in [0.15, 0.2) is 35.3 Å². The van der Waals surface area contributed by atoms with E-state index in [0.29, 0.717) is 5.25 Å². The van der Waals surface area contributed by atoms with Crippen LogP contribution >= 0.6 is 11.8 Å². The van der Waals surface area contributed by atoms with Gasteiger partial charge in [0, 0.05) is 13.1 Å². The van der Waals surface area contributed by atoms with Crippen LogP contribution in [0.4, 0.5) is 0 Å². The fourth-order valence-corrected chi connectivity index (χ4v) is 3.69. The van der Waals surface area contributed by atoms with E-state index in [2.05, 4.69) is 45.5 Å². The van der Waals surface area contributed by atoms with E-state index in [1.807, 2.05) is 11.8 Å². The molecule has 0 aliphatic carbocycles. The topological polar surface area (TPSA) is 27.6 Å². The van der Waals surface area contributed by atoms with Gasteiger partial charge in [-0.3, -0.25) is 4.99 Å². The quantitative estimate of drug-likeness (QED) is 0.915. The molecule has 2 aliphatic heterocycles. The molecule has 0 radical (unpaired) electrons. The number of hydrogen-bond donors (Lipinski definition) is 1. The molecule has 0 aromatic heterocycles. The minimum atomic E-state index is 0.496. The lowest BCUT2D eigenvalue weighted by atomic mass is 10.1. The highest BCUT2D eigenvalue weighted by Crippen LogP contribution is 2.33. The Labute approximate surface area is 119 Å². The summed E-state index contributed by atoms with van der Waals surface area (Å²) in [5, 5.41) is 5.09. The number of nitrogens with one attached hydrogen (secondary N) is 1. The number of amidine groups is 1. The van der Waals surface area contributed by atoms with Gasteiger partial charge in [0.1, 0.15) is 0 Å². The summed E-state index contributed by atoms with van der Waals surface area (Å²) in [4.78, 5) is 7.14. The number of hydrogen-bond acceptors (Lipinski definition) is 4. The Hall–Kier alpha value is -1.00. The number of nitrogens with zero attached hydrogens (tertiary/aromatic N) is 2. The third-order valence-electron chi connectivity index (χ3n) is 3.73. The van der Waals surface area contributed by atoms with E-state index >= 15 is 0 Å². The second kappa shape index (κ2) is 6.44. The third kappa shape index (κ3) is 3.51. The van der Waals surface area contributed by atoms with E-state index in [1.54, 1.807) is 0 Å². The predicted octanol–water partition coefficient (Wildman–Crippen LogP) is 2.52. The Morgan fingerprint density at radius 3 is 2.79 bits per heavy atom. The number of rotatable bonds is 4. The summed E-state index contributed by atoms with van der Waals surface area (Å²) in [6, 6.07) is 10.7. The van der Waals surface area contributed by atoms with Crippen LogP contribution in [0.25, 0.3) is 0 Å². The van der Waals surface area contributed by atoms with Gasteiger partial charge in [-0.15, -0.1) is 0 Å². The van der Waals surface area contributed by atoms with Gasteiger partial charge in [-0.05, 0) is 31.5 Å². The molecule has 2 aliphatic rings. The molecule has 3 nitrogen and oxygen atoms in total. The molecule has 0 saturated carbocycles. The minimum Gasteiger partial charge on any atom is -0.364 e. The van der Waals surface area contributed by atoms with Crippen LogP contribution in [0.3, 0.4) is 0 Å². The molecule has 0 bridgehead atoms. The van der Waals surface area contributed by atoms with Gasteiger partial charge >= 0.3 is 0 Å². The van der Waals surface area contributed by atoms with Gasteiger partial charge in [0.2, 0.25) is 0 Å². The van der Waals surface area contributed by atoms with Gasteiger partial charge in [-0.25, -0.2) is 0 Å². The van der Waals surface area contributed by atoms with Crippen LogP contribution in [0, 0.1) is 0 Å². The average Bonchev–Trinajstić information content (AvgIpc) is 3.11. The Kier molecular flexibility index (Phi) is 4.41. The van der Waals surface area contributed by atoms with Crippen molar-refractivity contribution in [1.29, 1.82) is 0 Å². The van der Waals surface area contributed by atoms with E-state index in [-0.39, 0.29) is 0 Å². The van der Waals surface area contributed by atoms with Crippen LogP contribution in [0.5, 0.6) is 0 Å². The summed E-state index contributed by atoms with van der Waals surface area (Å²) in [5.74, 6) is 0. The smallest absolute Gasteiger partial charge is 0.157 e. The monoisotopic (exact) mass is 275 g/mol. The molecule has 102 valence electrons. The van der Waals surface area contributed by atoms with E-state index in [1.165, 1.54) is 31.5 Å². The first-order valence-electron chi connectivity index (χ1n) is 7.14. The van der Waals surface area contributed by atoms with Crippen molar-refractivity contribution in [2.45, 2.75) is 18.1 Å². The van der Waals surface area contributed by atoms with E-state index < -0.39 is 0 Å². The highest BCUT2D eigenvalue weighted by atomic mass is 32.2. The molecule has 1 N–H and O–H groups in total. The average molecular weight is 275 g/mol. The van der Waals surface area contributed by atoms with Crippen molar-refractivity contribution in [2.75, 3.05) is 32.7 Å². The van der Waals surface area contributed by atoms with Gasteiger partial charge in [0.25, 0.3) is 0 Å². The summed E-state index contributed by atoms with van der Waals surface area (Å²) < 4.78 is 0. The summed E-state index contributed by atoms with van der Waals surface area (Å²) in [6.07, 6.45) is 2.73. The molecule has 1 aromatic rings. The van der Waals surface area contributed by atoms with Crippen molar-refractivity contribution in [1.82, 2.24) is 10.2 Å². The molecule has 4 heteroatoms. The van der Waals surface area contributed by atoms with Gasteiger partial charge in [-0.1, -0.05) is 42.1 Å². The lowest BCUT2D eigenvalue weighted by molar-refractivity contribution is 0.344. The van der Waals surface area contributed by atoms with E-state index in [0.717, 1.165) is 24.8 Å². The molecule has 1 saturated heterocycles. The minimum absolute atomic E-state index is 0.496. The van der Waals surface area contributed by atoms with Gasteiger partial charge in [-0.2, -0.15) is 0 Å². The predicted molar refractivity (Wildman–Crippen MR) is 82.8 cm³/mol. The molecule has 2 heterocycles. The molecule has 1 atom stereocenters. The van der Waals surface area contributed by atoms with Crippen molar-refractivity contribution in [3.8, 4) is 0 Å². The normalized spacial score (nSPS) is 23.6. The van der Waals surface area contributed by atoms with Crippen molar-refractivity contribution in [2.24, 2.45) is 4.99 Å². The lowest BCUT2D eigenvalue weighted by Crippen LogP contribution is -2.31. The third-order valence-corrected chi connectivity index (χ3v) is 4.93. The zero-order valence-electron chi connectivity index (χ0n) is 11.2. The van der Waals surface area contributed by atoms with E-state index in [4.69, 9.17) is 0 Å². The second-order valence-electron chi connectivity index (χ2n) is 5.14. The first-order chi connectivity index (χ1) is 9.42. The van der Waals surface area contributed by atoms with Gasteiger partial charge in [0.05, 0.1) is 11.8 Å². The molecule has 19 heavy (non-hydrogen) atoms. The summed E-state index contributed by atoms with van der Waals surface area (Å²) in [7, 11) is 0. The van der Waals surface area contributed by atoms with Crippen molar-refractivity contribution < 1.29 is 0 Å². The van der Waals surface area contributed by atoms with Gasteiger partial charge < -0.3 is 10.2 Å². The molecule has 1 aromatic carbocycles. The number of aliphatic imine (C=N–C) groups is 1. The first kappa shape index (κ1) is 13.0. The fraction of sp³-hybridized carbons (Fsp3) is 0.533. The molecule has 1 unspecified atom stereocenters. The Bertz CT molecular complexity index is 426. The van der Waals surface area contributed by atoms with Crippen molar-refractivity contribution >= 4 is 16.9 Å². The number of likely N-dealkylation sites (tertiary alicyclic amines) is 1. The SMILES string of the molecule is c1ccc(C2CN=C(NCCN3CCCC3)S2)cc1. The van der Waals surface area contributed by atoms with Crippen LogP contribution in [0.2, 0.25) is 0 Å². The zero-order chi connectivity index (χ0) is 12.9. The van der Waals surface area contributed by atoms with Crippen molar-refractivity contribution in [3.05, 3.63) is 35.9 Å². The molecule has 0 spiro atoms. The summed E-state index contributed by atoms with van der Waals surface area (Å²) in [5.41, 5.74) is 1.38. The standard InChI is InChI=1S/C15H21N3S/c1-2-6-13(7-3-1)14-12-17-15(19-14)16-8-11-18-9-4-5-10-18/h1-3,6-7,14H,4-5,8-12H2,(H,16,17). The number of benzene rings is 1. The highest BCUT2D eigenvalue weighted by Gasteiger charge is 2.21. The Morgan fingerprint density at radius 1 is 1.21 bits per heavy atom. The maximum absolute atomic E-state index is 4.61. The van der Waals surface area contributed by atoms with Crippen LogP contribution < -0.4 is 5.32 Å². The van der Waals surface area contributed by atoms with E-state index in [9.17, 15) is 0 Å². The number of thioether (sulfide) groups is 1. The lowest BCUT2D eigenvalue weighted by Gasteiger charge is -2.15. The molecular formula is C15H21N3S. The molecular weight excluding hydrogens is 254 g/mol. The van der Waals surface area contributed by atoms with Crippen molar-refractivity contribution in [3.63, 3.8) is 0 Å². The molecule has 3 rings (SSSR count). The zero-order valence-corrected chi connectivity index (χ0v) is 12.0.